The smallest absolute Gasteiger partial charge is 0.317 e. The highest BCUT2D eigenvalue weighted by Gasteiger charge is 2.26. The molecule has 3 rings (SSSR count). The molecule has 7 heteroatoms. The van der Waals surface area contributed by atoms with Gasteiger partial charge in [-0.05, 0) is 31.5 Å². The summed E-state index contributed by atoms with van der Waals surface area (Å²) in [5.41, 5.74) is 0. The summed E-state index contributed by atoms with van der Waals surface area (Å²) in [6.45, 7) is 5.01. The number of amides is 3. The van der Waals surface area contributed by atoms with Gasteiger partial charge in [-0.3, -0.25) is 9.69 Å². The number of rotatable bonds is 6. The molecule has 23 heavy (non-hydrogen) atoms. The van der Waals surface area contributed by atoms with Gasteiger partial charge in [-0.15, -0.1) is 0 Å². The number of carbonyl (C=O) groups excluding carboxylic acids is 2. The third-order valence-corrected chi connectivity index (χ3v) is 4.46. The van der Waals surface area contributed by atoms with E-state index in [-0.39, 0.29) is 17.9 Å². The molecule has 0 saturated carbocycles. The molecule has 3 amide bonds. The second-order valence-electron chi connectivity index (χ2n) is 6.16. The molecule has 0 bridgehead atoms. The fourth-order valence-corrected chi connectivity index (χ4v) is 3.22. The van der Waals surface area contributed by atoms with Crippen molar-refractivity contribution in [3.05, 3.63) is 24.2 Å². The van der Waals surface area contributed by atoms with E-state index in [4.69, 9.17) is 4.42 Å². The molecule has 1 aromatic rings. The second-order valence-corrected chi connectivity index (χ2v) is 6.16. The minimum Gasteiger partial charge on any atom is -0.468 e. The van der Waals surface area contributed by atoms with Gasteiger partial charge in [0.05, 0.1) is 18.7 Å². The van der Waals surface area contributed by atoms with Gasteiger partial charge >= 0.3 is 6.03 Å². The van der Waals surface area contributed by atoms with Crippen LogP contribution in [0, 0.1) is 5.92 Å². The van der Waals surface area contributed by atoms with Crippen LogP contribution in [0.1, 0.15) is 18.6 Å². The number of likely N-dealkylation sites (tertiary alicyclic amines) is 1. The Morgan fingerprint density at radius 3 is 3.09 bits per heavy atom. The molecule has 0 spiro atoms. The van der Waals surface area contributed by atoms with Gasteiger partial charge in [0.15, 0.2) is 0 Å². The molecular formula is C16H24N4O3. The quantitative estimate of drug-likeness (QED) is 0.806. The van der Waals surface area contributed by atoms with E-state index < -0.39 is 0 Å². The van der Waals surface area contributed by atoms with Crippen LogP contribution in [0.5, 0.6) is 0 Å². The summed E-state index contributed by atoms with van der Waals surface area (Å²) in [5, 5.41) is 5.73. The van der Waals surface area contributed by atoms with Gasteiger partial charge in [-0.2, -0.15) is 0 Å². The highest BCUT2D eigenvalue weighted by atomic mass is 16.3. The van der Waals surface area contributed by atoms with E-state index >= 15 is 0 Å². The maximum absolute atomic E-state index is 12.3. The van der Waals surface area contributed by atoms with Crippen molar-refractivity contribution in [3.8, 4) is 0 Å². The van der Waals surface area contributed by atoms with Gasteiger partial charge in [0.1, 0.15) is 5.76 Å². The van der Waals surface area contributed by atoms with Crippen molar-refractivity contribution in [2.75, 3.05) is 39.3 Å². The standard InChI is InChI=1S/C16H24N4O3/c21-15(17-5-8-20-9-6-18-16(20)22)13-3-1-7-19(11-13)12-14-4-2-10-23-14/h2,4,10,13H,1,3,5-9,11-12H2,(H,17,21)(H,18,22). The minimum absolute atomic E-state index is 0.0196. The molecular weight excluding hydrogens is 296 g/mol. The first-order valence-electron chi connectivity index (χ1n) is 8.27. The zero-order valence-corrected chi connectivity index (χ0v) is 13.3. The Hall–Kier alpha value is -2.02. The van der Waals surface area contributed by atoms with Crippen LogP contribution < -0.4 is 10.6 Å². The highest BCUT2D eigenvalue weighted by Crippen LogP contribution is 2.19. The topological polar surface area (TPSA) is 77.8 Å². The maximum Gasteiger partial charge on any atom is 0.317 e. The molecule has 3 heterocycles. The fraction of sp³-hybridized carbons (Fsp3) is 0.625. The van der Waals surface area contributed by atoms with Crippen molar-refractivity contribution in [2.45, 2.75) is 19.4 Å². The lowest BCUT2D eigenvalue weighted by Gasteiger charge is -2.31. The molecule has 2 aliphatic heterocycles. The Labute approximate surface area is 136 Å². The van der Waals surface area contributed by atoms with Crippen LogP contribution in [0.4, 0.5) is 4.79 Å². The van der Waals surface area contributed by atoms with Crippen LogP contribution >= 0.6 is 0 Å². The summed E-state index contributed by atoms with van der Waals surface area (Å²) in [5.74, 6) is 1.05. The molecule has 126 valence electrons. The van der Waals surface area contributed by atoms with Crippen molar-refractivity contribution in [3.63, 3.8) is 0 Å². The maximum atomic E-state index is 12.3. The van der Waals surface area contributed by atoms with E-state index in [0.29, 0.717) is 19.6 Å². The van der Waals surface area contributed by atoms with Gasteiger partial charge in [0.2, 0.25) is 5.91 Å². The van der Waals surface area contributed by atoms with Crippen LogP contribution in [-0.2, 0) is 11.3 Å². The van der Waals surface area contributed by atoms with E-state index in [9.17, 15) is 9.59 Å². The van der Waals surface area contributed by atoms with Crippen LogP contribution in [-0.4, -0.2) is 61.0 Å². The first-order chi connectivity index (χ1) is 11.2. The molecule has 1 unspecified atom stereocenters. The average molecular weight is 320 g/mol. The lowest BCUT2D eigenvalue weighted by Crippen LogP contribution is -2.44. The molecule has 0 radical (unpaired) electrons. The molecule has 2 aliphatic rings. The van der Waals surface area contributed by atoms with Gasteiger partial charge in [0, 0.05) is 32.7 Å². The zero-order chi connectivity index (χ0) is 16.1. The third kappa shape index (κ3) is 4.25. The lowest BCUT2D eigenvalue weighted by atomic mass is 9.97. The molecule has 1 aromatic heterocycles. The Morgan fingerprint density at radius 1 is 1.43 bits per heavy atom. The van der Waals surface area contributed by atoms with E-state index in [1.54, 1.807) is 11.2 Å². The van der Waals surface area contributed by atoms with E-state index in [1.807, 2.05) is 12.1 Å². The van der Waals surface area contributed by atoms with Crippen LogP contribution in [0.2, 0.25) is 0 Å². The lowest BCUT2D eigenvalue weighted by molar-refractivity contribution is -0.126. The zero-order valence-electron chi connectivity index (χ0n) is 13.3. The summed E-state index contributed by atoms with van der Waals surface area (Å²) in [6, 6.07) is 3.81. The monoisotopic (exact) mass is 320 g/mol. The predicted octanol–water partition coefficient (Wildman–Crippen LogP) is 0.633. The van der Waals surface area contributed by atoms with Gasteiger partial charge in [0.25, 0.3) is 0 Å². The van der Waals surface area contributed by atoms with Crippen molar-refractivity contribution >= 4 is 11.9 Å². The number of urea groups is 1. The molecule has 0 aromatic carbocycles. The third-order valence-electron chi connectivity index (χ3n) is 4.46. The Kier molecular flexibility index (Phi) is 5.17. The first kappa shape index (κ1) is 15.9. The largest absolute Gasteiger partial charge is 0.468 e. The van der Waals surface area contributed by atoms with Crippen LogP contribution in [0.15, 0.2) is 22.8 Å². The number of carbonyl (C=O) groups is 2. The summed E-state index contributed by atoms with van der Waals surface area (Å²) in [7, 11) is 0. The second kappa shape index (κ2) is 7.50. The summed E-state index contributed by atoms with van der Waals surface area (Å²) in [6.07, 6.45) is 3.62. The molecule has 2 N–H and O–H groups in total. The Balaban J connectivity index is 1.40. The SMILES string of the molecule is O=C(NCCN1CCNC1=O)C1CCCN(Cc2ccco2)C1. The normalized spacial score (nSPS) is 22.2. The molecule has 1 atom stereocenters. The van der Waals surface area contributed by atoms with E-state index in [0.717, 1.165) is 44.8 Å². The predicted molar refractivity (Wildman–Crippen MR) is 84.7 cm³/mol. The van der Waals surface area contributed by atoms with Crippen molar-refractivity contribution in [1.29, 1.82) is 0 Å². The first-order valence-corrected chi connectivity index (χ1v) is 8.27. The minimum atomic E-state index is -0.0402. The number of hydrogen-bond donors (Lipinski definition) is 2. The average Bonchev–Trinajstić information content (AvgIpc) is 3.20. The molecule has 7 nitrogen and oxygen atoms in total. The van der Waals surface area contributed by atoms with Gasteiger partial charge in [-0.25, -0.2) is 4.79 Å². The van der Waals surface area contributed by atoms with Crippen molar-refractivity contribution in [1.82, 2.24) is 20.4 Å². The Bertz CT molecular complexity index is 531. The number of nitrogens with zero attached hydrogens (tertiary/aromatic N) is 2. The molecule has 0 aliphatic carbocycles. The van der Waals surface area contributed by atoms with Crippen LogP contribution in [0.3, 0.4) is 0 Å². The number of furan rings is 1. The van der Waals surface area contributed by atoms with E-state index in [1.165, 1.54) is 0 Å². The number of nitrogens with one attached hydrogen (secondary N) is 2. The molecule has 2 fully saturated rings. The summed E-state index contributed by atoms with van der Waals surface area (Å²) in [4.78, 5) is 27.7. The van der Waals surface area contributed by atoms with Gasteiger partial charge < -0.3 is 20.0 Å². The number of hydrogen-bond acceptors (Lipinski definition) is 4. The van der Waals surface area contributed by atoms with Crippen LogP contribution in [0.25, 0.3) is 0 Å². The number of piperidine rings is 1. The van der Waals surface area contributed by atoms with Gasteiger partial charge in [-0.1, -0.05) is 0 Å². The molecule has 2 saturated heterocycles. The fourth-order valence-electron chi connectivity index (χ4n) is 3.22. The summed E-state index contributed by atoms with van der Waals surface area (Å²) < 4.78 is 5.38. The summed E-state index contributed by atoms with van der Waals surface area (Å²) >= 11 is 0. The van der Waals surface area contributed by atoms with Crippen molar-refractivity contribution in [2.24, 2.45) is 5.92 Å². The highest BCUT2D eigenvalue weighted by molar-refractivity contribution is 5.79. The van der Waals surface area contributed by atoms with E-state index in [2.05, 4.69) is 15.5 Å². The Morgan fingerprint density at radius 2 is 2.35 bits per heavy atom. The van der Waals surface area contributed by atoms with Crippen molar-refractivity contribution < 1.29 is 14.0 Å².